The number of H-pyrrole nitrogens is 2. The molecule has 2 aliphatic heterocycles. The Morgan fingerprint density at radius 2 is 1.52 bits per heavy atom. The van der Waals surface area contributed by atoms with E-state index < -0.39 is 24.2 Å². The quantitative estimate of drug-likeness (QED) is 0.115. The zero-order valence-corrected chi connectivity index (χ0v) is 33.9. The Kier molecular flexibility index (Phi) is 10.2. The van der Waals surface area contributed by atoms with Crippen LogP contribution in [0.3, 0.4) is 0 Å². The lowest BCUT2D eigenvalue weighted by Gasteiger charge is -2.30. The molecule has 2 aliphatic rings. The van der Waals surface area contributed by atoms with E-state index in [9.17, 15) is 19.5 Å². The number of nitrogens with one attached hydrogen (secondary N) is 3. The molecule has 4 aromatic heterocycles. The minimum atomic E-state index is -0.713. The van der Waals surface area contributed by atoms with Crippen LogP contribution in [0.25, 0.3) is 53.9 Å². The highest BCUT2D eigenvalue weighted by Gasteiger charge is 2.38. The smallest absolute Gasteiger partial charge is 0.410 e. The predicted octanol–water partition coefficient (Wildman–Crippen LogP) is 8.43. The van der Waals surface area contributed by atoms with Crippen molar-refractivity contribution < 1.29 is 24.2 Å². The lowest BCUT2D eigenvalue weighted by Crippen LogP contribution is -2.51. The van der Waals surface area contributed by atoms with Gasteiger partial charge in [0.2, 0.25) is 11.8 Å². The maximum Gasteiger partial charge on any atom is 0.410 e. The van der Waals surface area contributed by atoms with Crippen molar-refractivity contribution in [1.82, 2.24) is 35.1 Å². The highest BCUT2D eigenvalue weighted by Crippen LogP contribution is 2.45. The van der Waals surface area contributed by atoms with Crippen molar-refractivity contribution in [1.29, 1.82) is 0 Å². The number of rotatable bonds is 9. The van der Waals surface area contributed by atoms with E-state index >= 15 is 0 Å². The van der Waals surface area contributed by atoms with Gasteiger partial charge in [0.25, 0.3) is 0 Å². The van der Waals surface area contributed by atoms with Crippen LogP contribution in [0.2, 0.25) is 0 Å². The first-order chi connectivity index (χ1) is 26.9. The third-order valence-electron chi connectivity index (χ3n) is 10.6. The summed E-state index contributed by atoms with van der Waals surface area (Å²) in [6, 6.07) is 13.7. The van der Waals surface area contributed by atoms with Gasteiger partial charge in [-0.05, 0) is 81.2 Å². The van der Waals surface area contributed by atoms with Gasteiger partial charge in [0.05, 0.1) is 44.4 Å². The molecule has 0 saturated carbocycles. The molecule has 12 nitrogen and oxygen atoms in total. The van der Waals surface area contributed by atoms with Gasteiger partial charge in [0.1, 0.15) is 29.9 Å². The Hall–Kier alpha value is -5.05. The lowest BCUT2D eigenvalue weighted by molar-refractivity contribution is -0.139. The fourth-order valence-electron chi connectivity index (χ4n) is 7.87. The van der Waals surface area contributed by atoms with Crippen molar-refractivity contribution in [3.63, 3.8) is 0 Å². The molecule has 14 heteroatoms. The molecule has 8 rings (SSSR count). The van der Waals surface area contributed by atoms with Crippen LogP contribution in [0, 0.1) is 5.92 Å². The number of carbonyl (C=O) groups excluding carboxylic acids is 3. The molecule has 0 bridgehead atoms. The first-order valence-electron chi connectivity index (χ1n) is 19.2. The second kappa shape index (κ2) is 15.1. The first kappa shape index (κ1) is 37.9. The molecular weight excluding hydrogens is 747 g/mol. The lowest BCUT2D eigenvalue weighted by atomic mass is 10.0. The van der Waals surface area contributed by atoms with Crippen LogP contribution in [0.1, 0.15) is 84.0 Å². The van der Waals surface area contributed by atoms with E-state index in [-0.39, 0.29) is 30.0 Å². The van der Waals surface area contributed by atoms with Gasteiger partial charge in [-0.2, -0.15) is 0 Å². The number of fused-ring (bicyclic) bond motifs is 2. The molecule has 4 N–H and O–H groups in total. The van der Waals surface area contributed by atoms with Crippen LogP contribution in [0.4, 0.5) is 4.79 Å². The number of ether oxygens (including phenoxy) is 1. The summed E-state index contributed by atoms with van der Waals surface area (Å²) in [5, 5.41) is 16.4. The number of aliphatic hydroxyl groups excluding tert-OH is 1. The molecule has 2 unspecified atom stereocenters. The number of thiophene rings is 2. The molecular formula is C42H47N7O5S2. The van der Waals surface area contributed by atoms with Crippen LogP contribution in [0.15, 0.2) is 59.4 Å². The Balaban J connectivity index is 0.982. The fraction of sp³-hybridized carbons (Fsp3) is 0.405. The molecule has 0 radical (unpaired) electrons. The van der Waals surface area contributed by atoms with Crippen LogP contribution in [0.5, 0.6) is 0 Å². The highest BCUT2D eigenvalue weighted by atomic mass is 32.1. The van der Waals surface area contributed by atoms with Crippen LogP contribution in [-0.2, 0) is 14.3 Å². The number of imidazole rings is 2. The number of nitrogens with zero attached hydrogens (tertiary/aromatic N) is 4. The van der Waals surface area contributed by atoms with E-state index in [1.807, 2.05) is 40.8 Å². The van der Waals surface area contributed by atoms with Crippen LogP contribution in [-0.4, -0.2) is 84.1 Å². The zero-order chi connectivity index (χ0) is 39.3. The summed E-state index contributed by atoms with van der Waals surface area (Å²) in [7, 11) is 0. The summed E-state index contributed by atoms with van der Waals surface area (Å²) in [5.41, 5.74) is 7.76. The molecule has 2 fully saturated rings. The van der Waals surface area contributed by atoms with Gasteiger partial charge in [-0.15, -0.1) is 22.7 Å². The Labute approximate surface area is 333 Å². The molecule has 2 aromatic carbocycles. The molecule has 56 heavy (non-hydrogen) atoms. The number of benzene rings is 2. The van der Waals surface area contributed by atoms with Gasteiger partial charge in [-0.25, -0.2) is 14.8 Å². The van der Waals surface area contributed by atoms with Crippen molar-refractivity contribution in [3.05, 3.63) is 71.1 Å². The van der Waals surface area contributed by atoms with E-state index in [0.717, 1.165) is 70.7 Å². The molecule has 6 heterocycles. The van der Waals surface area contributed by atoms with E-state index in [4.69, 9.17) is 14.7 Å². The van der Waals surface area contributed by atoms with Crippen molar-refractivity contribution in [3.8, 4) is 33.5 Å². The number of hydrogen-bond acceptors (Lipinski definition) is 9. The second-order valence-corrected chi connectivity index (χ2v) is 17.8. The number of likely N-dealkylation sites (tertiary alicyclic amines) is 2. The van der Waals surface area contributed by atoms with Crippen molar-refractivity contribution >= 4 is 61.0 Å². The summed E-state index contributed by atoms with van der Waals surface area (Å²) in [6.45, 7) is 10.0. The van der Waals surface area contributed by atoms with E-state index in [1.165, 1.54) is 20.5 Å². The number of carbonyl (C=O) groups is 3. The maximum atomic E-state index is 13.6. The highest BCUT2D eigenvalue weighted by molar-refractivity contribution is 7.27. The zero-order valence-electron chi connectivity index (χ0n) is 32.2. The maximum absolute atomic E-state index is 13.6. The Morgan fingerprint density at radius 1 is 0.893 bits per heavy atom. The largest absolute Gasteiger partial charge is 0.444 e. The molecule has 3 amide bonds. The number of amides is 3. The number of aromatic amines is 2. The van der Waals surface area contributed by atoms with Gasteiger partial charge in [0.15, 0.2) is 0 Å². The number of aromatic nitrogens is 4. The summed E-state index contributed by atoms with van der Waals surface area (Å²) < 4.78 is 8.17. The molecule has 6 aromatic rings. The van der Waals surface area contributed by atoms with Crippen molar-refractivity contribution in [2.24, 2.45) is 5.92 Å². The average molecular weight is 794 g/mol. The monoisotopic (exact) mass is 793 g/mol. The van der Waals surface area contributed by atoms with Gasteiger partial charge in [-0.1, -0.05) is 44.2 Å². The molecule has 2 saturated heterocycles. The topological polar surface area (TPSA) is 157 Å². The molecule has 0 aliphatic carbocycles. The van der Waals surface area contributed by atoms with Crippen LogP contribution >= 0.6 is 22.7 Å². The summed E-state index contributed by atoms with van der Waals surface area (Å²) in [6.07, 6.45) is 4.89. The fourth-order valence-corrected chi connectivity index (χ4v) is 10.3. The third kappa shape index (κ3) is 7.33. The molecule has 0 spiro atoms. The number of aliphatic hydroxyl groups is 1. The van der Waals surface area contributed by atoms with E-state index in [0.29, 0.717) is 13.1 Å². The van der Waals surface area contributed by atoms with Gasteiger partial charge >= 0.3 is 6.09 Å². The third-order valence-corrected chi connectivity index (χ3v) is 12.8. The van der Waals surface area contributed by atoms with E-state index in [1.54, 1.807) is 32.5 Å². The number of hydrogen-bond donors (Lipinski definition) is 4. The van der Waals surface area contributed by atoms with Gasteiger partial charge < -0.3 is 30.0 Å². The predicted molar refractivity (Wildman–Crippen MR) is 220 cm³/mol. The standard InChI is InChI=1S/C42H47N7O5S2/c1-23(2)35(47-34(51)20-50)40(52)48-16-6-8-32(48)38-43-19-31(46-38)25-12-10-24(11-13-25)27-21-55-37-28(22-56-36(27)37)26-14-15-29-30(18-26)45-39(44-29)33-9-7-17-49(33)41(53)54-42(3,4)5/h10-15,18-19,21-23,32-33,35,50H,6-9,16-17,20H2,1-5H3,(H,43,46)(H,44,45)(H,47,51)/t32?,33?,35-/m0/s1. The first-order valence-corrected chi connectivity index (χ1v) is 21.0. The molecule has 3 atom stereocenters. The SMILES string of the molecule is CC(C)[C@H](NC(=O)CO)C(=O)N1CCCC1c1ncc(-c2ccc(-c3csc4c(-c5ccc6nc(C7CCCN7C(=O)OC(C)(C)C)[nH]c6c5)csc34)cc2)[nH]1. The van der Waals surface area contributed by atoms with Crippen LogP contribution < -0.4 is 5.32 Å². The second-order valence-electron chi connectivity index (χ2n) is 16.0. The summed E-state index contributed by atoms with van der Waals surface area (Å²) >= 11 is 3.49. The Morgan fingerprint density at radius 3 is 2.18 bits per heavy atom. The van der Waals surface area contributed by atoms with Crippen molar-refractivity contribution in [2.45, 2.75) is 84.0 Å². The van der Waals surface area contributed by atoms with Gasteiger partial charge in [0, 0.05) is 35.0 Å². The molecule has 292 valence electrons. The summed E-state index contributed by atoms with van der Waals surface area (Å²) in [5.74, 6) is 0.673. The minimum absolute atomic E-state index is 0.127. The summed E-state index contributed by atoms with van der Waals surface area (Å²) in [4.78, 5) is 58.6. The normalized spacial score (nSPS) is 18.1. The Bertz CT molecular complexity index is 2400. The minimum Gasteiger partial charge on any atom is -0.444 e. The van der Waals surface area contributed by atoms with Crippen molar-refractivity contribution in [2.75, 3.05) is 19.7 Å². The van der Waals surface area contributed by atoms with Gasteiger partial charge in [-0.3, -0.25) is 14.5 Å². The average Bonchev–Trinajstić information content (AvgIpc) is 4.02. The van der Waals surface area contributed by atoms with E-state index in [2.05, 4.69) is 68.5 Å².